The van der Waals surface area contributed by atoms with Crippen molar-refractivity contribution >= 4 is 21.9 Å². The molecule has 4 nitrogen and oxygen atoms in total. The van der Waals surface area contributed by atoms with Gasteiger partial charge in [0.1, 0.15) is 4.60 Å². The fourth-order valence-electron chi connectivity index (χ4n) is 1.56. The molecule has 0 saturated heterocycles. The van der Waals surface area contributed by atoms with E-state index in [0.29, 0.717) is 4.60 Å². The van der Waals surface area contributed by atoms with Gasteiger partial charge in [0.25, 0.3) is 6.43 Å². The van der Waals surface area contributed by atoms with Crippen LogP contribution in [0, 0.1) is 0 Å². The van der Waals surface area contributed by atoms with E-state index in [9.17, 15) is 13.6 Å². The Labute approximate surface area is 112 Å². The summed E-state index contributed by atoms with van der Waals surface area (Å²) in [5.74, 6) is -0.555. The number of halogens is 3. The quantitative estimate of drug-likeness (QED) is 0.667. The number of hydrogen-bond donors (Lipinski definition) is 1. The Hall–Kier alpha value is -1.08. The van der Waals surface area contributed by atoms with Gasteiger partial charge in [-0.1, -0.05) is 0 Å². The predicted octanol–water partition coefficient (Wildman–Crippen LogP) is 2.35. The van der Waals surface area contributed by atoms with Crippen LogP contribution in [0.4, 0.5) is 8.78 Å². The minimum absolute atomic E-state index is 0.0821. The maximum absolute atomic E-state index is 13.0. The number of hydrogen-bond acceptors (Lipinski definition) is 4. The summed E-state index contributed by atoms with van der Waals surface area (Å²) in [7, 11) is 0. The van der Waals surface area contributed by atoms with E-state index >= 15 is 0 Å². The van der Waals surface area contributed by atoms with Crippen molar-refractivity contribution < 1.29 is 18.3 Å². The van der Waals surface area contributed by atoms with Crippen LogP contribution in [0.5, 0.6) is 0 Å². The van der Waals surface area contributed by atoms with Crippen LogP contribution in [0.2, 0.25) is 0 Å². The highest BCUT2D eigenvalue weighted by Gasteiger charge is 2.21. The Balaban J connectivity index is 3.15. The summed E-state index contributed by atoms with van der Waals surface area (Å²) in [4.78, 5) is 15.3. The van der Waals surface area contributed by atoms with Crippen molar-refractivity contribution in [2.24, 2.45) is 5.73 Å². The van der Waals surface area contributed by atoms with Crippen molar-refractivity contribution in [1.82, 2.24) is 4.98 Å². The molecule has 0 aliphatic heterocycles. The minimum Gasteiger partial charge on any atom is -0.466 e. The highest BCUT2D eigenvalue weighted by Crippen LogP contribution is 2.28. The van der Waals surface area contributed by atoms with Crippen molar-refractivity contribution in [2.75, 3.05) is 6.61 Å². The van der Waals surface area contributed by atoms with Gasteiger partial charge in [-0.2, -0.15) is 0 Å². The second-order valence-electron chi connectivity index (χ2n) is 3.45. The lowest BCUT2D eigenvalue weighted by Crippen LogP contribution is -2.13. The van der Waals surface area contributed by atoms with E-state index in [1.807, 2.05) is 0 Å². The van der Waals surface area contributed by atoms with Gasteiger partial charge < -0.3 is 10.5 Å². The maximum atomic E-state index is 13.0. The maximum Gasteiger partial charge on any atom is 0.310 e. The monoisotopic (exact) mass is 322 g/mol. The van der Waals surface area contributed by atoms with Crippen LogP contribution < -0.4 is 5.73 Å². The van der Waals surface area contributed by atoms with Crippen LogP contribution in [0.1, 0.15) is 30.2 Å². The molecule has 100 valence electrons. The average Bonchev–Trinajstić information content (AvgIpc) is 2.27. The van der Waals surface area contributed by atoms with Gasteiger partial charge in [-0.25, -0.2) is 13.8 Å². The van der Waals surface area contributed by atoms with E-state index in [0.717, 1.165) is 0 Å². The molecule has 0 atom stereocenters. The van der Waals surface area contributed by atoms with Gasteiger partial charge in [0.05, 0.1) is 18.7 Å². The first-order chi connectivity index (χ1) is 8.49. The van der Waals surface area contributed by atoms with E-state index < -0.39 is 12.4 Å². The van der Waals surface area contributed by atoms with Crippen LogP contribution in [0.25, 0.3) is 0 Å². The normalized spacial score (nSPS) is 10.8. The zero-order chi connectivity index (χ0) is 13.7. The summed E-state index contributed by atoms with van der Waals surface area (Å²) in [6.45, 7) is 1.74. The third-order valence-electron chi connectivity index (χ3n) is 2.24. The van der Waals surface area contributed by atoms with Gasteiger partial charge in [0.2, 0.25) is 0 Å². The van der Waals surface area contributed by atoms with Crippen LogP contribution in [0.3, 0.4) is 0 Å². The number of carbonyl (C=O) groups excluding carboxylic acids is 1. The average molecular weight is 323 g/mol. The van der Waals surface area contributed by atoms with Crippen molar-refractivity contribution in [3.05, 3.63) is 27.5 Å². The number of nitrogens with zero attached hydrogens (tertiary/aromatic N) is 1. The molecule has 0 unspecified atom stereocenters. The first kappa shape index (κ1) is 15.0. The SMILES string of the molecule is CCOC(=O)Cc1cc(Br)nc(CN)c1C(F)F. The number of ether oxygens (including phenoxy) is 1. The molecule has 0 fully saturated rings. The number of esters is 1. The highest BCUT2D eigenvalue weighted by atomic mass is 79.9. The lowest BCUT2D eigenvalue weighted by Gasteiger charge is -2.13. The summed E-state index contributed by atoms with van der Waals surface area (Å²) in [6.07, 6.45) is -2.95. The Bertz CT molecular complexity index is 441. The molecule has 7 heteroatoms. The molecule has 1 aromatic heterocycles. The largest absolute Gasteiger partial charge is 0.466 e. The van der Waals surface area contributed by atoms with Gasteiger partial charge in [-0.15, -0.1) is 0 Å². The van der Waals surface area contributed by atoms with Crippen molar-refractivity contribution in [3.8, 4) is 0 Å². The first-order valence-electron chi connectivity index (χ1n) is 5.31. The Morgan fingerprint density at radius 3 is 2.78 bits per heavy atom. The molecule has 0 bridgehead atoms. The molecule has 2 N–H and O–H groups in total. The topological polar surface area (TPSA) is 65.2 Å². The van der Waals surface area contributed by atoms with Crippen molar-refractivity contribution in [1.29, 1.82) is 0 Å². The molecule has 1 aromatic rings. The number of rotatable bonds is 5. The van der Waals surface area contributed by atoms with Crippen LogP contribution in [-0.2, 0) is 22.5 Å². The lowest BCUT2D eigenvalue weighted by atomic mass is 10.0. The summed E-state index contributed by atoms with van der Waals surface area (Å²) in [5.41, 5.74) is 5.37. The van der Waals surface area contributed by atoms with E-state index in [4.69, 9.17) is 10.5 Å². The van der Waals surface area contributed by atoms with Crippen LogP contribution >= 0.6 is 15.9 Å². The fourth-order valence-corrected chi connectivity index (χ4v) is 2.05. The molecule has 0 aromatic carbocycles. The molecule has 0 radical (unpaired) electrons. The zero-order valence-corrected chi connectivity index (χ0v) is 11.3. The van der Waals surface area contributed by atoms with E-state index in [2.05, 4.69) is 20.9 Å². The second-order valence-corrected chi connectivity index (χ2v) is 4.26. The molecule has 0 amide bonds. The minimum atomic E-state index is -2.73. The number of nitrogens with two attached hydrogens (primary N) is 1. The van der Waals surface area contributed by atoms with E-state index in [1.165, 1.54) is 6.07 Å². The molecule has 18 heavy (non-hydrogen) atoms. The fraction of sp³-hybridized carbons (Fsp3) is 0.455. The number of carbonyl (C=O) groups is 1. The molecular formula is C11H13BrF2N2O2. The Kier molecular flexibility index (Phi) is 5.61. The highest BCUT2D eigenvalue weighted by molar-refractivity contribution is 9.10. The molecule has 0 spiro atoms. The van der Waals surface area contributed by atoms with E-state index in [-0.39, 0.29) is 36.4 Å². The summed E-state index contributed by atoms with van der Waals surface area (Å²) < 4.78 is 31.1. The Morgan fingerprint density at radius 2 is 2.28 bits per heavy atom. The number of alkyl halides is 2. The molecule has 1 heterocycles. The molecule has 0 saturated carbocycles. The molecule has 0 aliphatic rings. The van der Waals surface area contributed by atoms with Gasteiger partial charge in [-0.3, -0.25) is 4.79 Å². The second kappa shape index (κ2) is 6.75. The molecule has 0 aliphatic carbocycles. The summed E-state index contributed by atoms with van der Waals surface area (Å²) in [6, 6.07) is 1.39. The lowest BCUT2D eigenvalue weighted by molar-refractivity contribution is -0.142. The van der Waals surface area contributed by atoms with Gasteiger partial charge >= 0.3 is 5.97 Å². The van der Waals surface area contributed by atoms with Crippen LogP contribution in [0.15, 0.2) is 10.7 Å². The summed E-state index contributed by atoms with van der Waals surface area (Å²) in [5, 5.41) is 0. The Morgan fingerprint density at radius 1 is 1.61 bits per heavy atom. The zero-order valence-electron chi connectivity index (χ0n) is 9.75. The van der Waals surface area contributed by atoms with Gasteiger partial charge in [0.15, 0.2) is 0 Å². The molecule has 1 rings (SSSR count). The van der Waals surface area contributed by atoms with Crippen molar-refractivity contribution in [3.63, 3.8) is 0 Å². The first-order valence-corrected chi connectivity index (χ1v) is 6.10. The number of pyridine rings is 1. The van der Waals surface area contributed by atoms with Crippen molar-refractivity contribution in [2.45, 2.75) is 26.3 Å². The van der Waals surface area contributed by atoms with Crippen LogP contribution in [-0.4, -0.2) is 17.6 Å². The number of aromatic nitrogens is 1. The van der Waals surface area contributed by atoms with Gasteiger partial charge in [-0.05, 0) is 34.5 Å². The smallest absolute Gasteiger partial charge is 0.310 e. The van der Waals surface area contributed by atoms with E-state index in [1.54, 1.807) is 6.92 Å². The third-order valence-corrected chi connectivity index (χ3v) is 2.65. The molecular weight excluding hydrogens is 310 g/mol. The third kappa shape index (κ3) is 3.71. The standard InChI is InChI=1S/C11H13BrF2N2O2/c1-2-18-9(17)4-6-3-8(12)16-7(5-15)10(6)11(13)14/h3,11H,2,4-5,15H2,1H3. The predicted molar refractivity (Wildman–Crippen MR) is 65.1 cm³/mol. The summed E-state index contributed by atoms with van der Waals surface area (Å²) >= 11 is 3.10. The van der Waals surface area contributed by atoms with Gasteiger partial charge in [0, 0.05) is 12.1 Å².